The number of benzene rings is 2. The van der Waals surface area contributed by atoms with Crippen LogP contribution in [-0.2, 0) is 6.54 Å². The Hall–Kier alpha value is -2.74. The van der Waals surface area contributed by atoms with E-state index in [0.29, 0.717) is 13.1 Å². The van der Waals surface area contributed by atoms with E-state index in [2.05, 4.69) is 4.74 Å². The molecule has 0 aromatic heterocycles. The Morgan fingerprint density at radius 1 is 1.04 bits per heavy atom. The predicted octanol–water partition coefficient (Wildman–Crippen LogP) is 3.64. The van der Waals surface area contributed by atoms with E-state index in [4.69, 9.17) is 4.74 Å². The zero-order chi connectivity index (χ0) is 20.7. The van der Waals surface area contributed by atoms with Gasteiger partial charge in [-0.3, -0.25) is 4.79 Å². The first kappa shape index (κ1) is 21.6. The molecule has 0 aliphatic carbocycles. The van der Waals surface area contributed by atoms with Crippen LogP contribution in [0.4, 0.5) is 13.2 Å². The molecule has 152 valence electrons. The molecule has 0 spiro atoms. The van der Waals surface area contributed by atoms with E-state index < -0.39 is 6.61 Å². The molecule has 0 saturated heterocycles. The summed E-state index contributed by atoms with van der Waals surface area (Å²) in [6.45, 7) is -1.78. The van der Waals surface area contributed by atoms with Crippen LogP contribution in [0.1, 0.15) is 15.9 Å². The lowest BCUT2D eigenvalue weighted by Crippen LogP contribution is -2.36. The Kier molecular flexibility index (Phi) is 7.69. The monoisotopic (exact) mass is 396 g/mol. The molecular formula is C20H23F3N2O3. The maximum atomic E-state index is 13.1. The zero-order valence-corrected chi connectivity index (χ0v) is 16.0. The number of hydrogen-bond donors (Lipinski definition) is 0. The summed E-state index contributed by atoms with van der Waals surface area (Å²) in [5, 5.41) is 0. The van der Waals surface area contributed by atoms with E-state index in [1.54, 1.807) is 17.0 Å². The minimum absolute atomic E-state index is 0.107. The van der Waals surface area contributed by atoms with Crippen molar-refractivity contribution in [1.82, 2.24) is 9.80 Å². The van der Waals surface area contributed by atoms with Gasteiger partial charge >= 0.3 is 6.61 Å². The van der Waals surface area contributed by atoms with Crippen molar-refractivity contribution >= 4 is 5.91 Å². The van der Waals surface area contributed by atoms with Crippen molar-refractivity contribution < 1.29 is 27.4 Å². The molecule has 0 aliphatic rings. The molecule has 0 heterocycles. The fourth-order valence-electron chi connectivity index (χ4n) is 2.56. The van der Waals surface area contributed by atoms with E-state index >= 15 is 0 Å². The van der Waals surface area contributed by atoms with E-state index in [9.17, 15) is 18.0 Å². The summed E-state index contributed by atoms with van der Waals surface area (Å²) in [5.74, 6) is -0.820. The minimum atomic E-state index is -3.04. The number of hydrogen-bond acceptors (Lipinski definition) is 4. The van der Waals surface area contributed by atoms with Gasteiger partial charge in [-0.2, -0.15) is 8.78 Å². The number of carbonyl (C=O) groups is 1. The van der Waals surface area contributed by atoms with Gasteiger partial charge < -0.3 is 19.3 Å². The van der Waals surface area contributed by atoms with Crippen molar-refractivity contribution in [3.63, 3.8) is 0 Å². The van der Waals surface area contributed by atoms with E-state index in [-0.39, 0.29) is 35.3 Å². The SMILES string of the molecule is COc1ccc(C(=O)N(CCN(C)C)Cc2ccc(F)cc2)cc1OC(F)F. The van der Waals surface area contributed by atoms with Crippen LogP contribution in [0.3, 0.4) is 0 Å². The van der Waals surface area contributed by atoms with Crippen molar-refractivity contribution in [2.75, 3.05) is 34.3 Å². The molecule has 2 rings (SSSR count). The highest BCUT2D eigenvalue weighted by Gasteiger charge is 2.20. The lowest BCUT2D eigenvalue weighted by molar-refractivity contribution is -0.0512. The van der Waals surface area contributed by atoms with Crippen molar-refractivity contribution in [2.45, 2.75) is 13.2 Å². The maximum absolute atomic E-state index is 13.1. The second-order valence-corrected chi connectivity index (χ2v) is 6.40. The Labute approximate surface area is 162 Å². The molecule has 0 saturated carbocycles. The molecule has 0 atom stereocenters. The van der Waals surface area contributed by atoms with Gasteiger partial charge in [-0.05, 0) is 50.0 Å². The molecule has 5 nitrogen and oxygen atoms in total. The van der Waals surface area contributed by atoms with E-state index in [1.165, 1.54) is 37.4 Å². The van der Waals surface area contributed by atoms with Crippen LogP contribution < -0.4 is 9.47 Å². The summed E-state index contributed by atoms with van der Waals surface area (Å²) in [6.07, 6.45) is 0. The number of rotatable bonds is 9. The summed E-state index contributed by atoms with van der Waals surface area (Å²) in [5.41, 5.74) is 0.948. The Balaban J connectivity index is 2.28. The second kappa shape index (κ2) is 9.98. The van der Waals surface area contributed by atoms with Gasteiger partial charge in [0, 0.05) is 25.2 Å². The molecule has 0 unspecified atom stereocenters. The normalized spacial score (nSPS) is 11.0. The number of amides is 1. The Morgan fingerprint density at radius 2 is 1.71 bits per heavy atom. The van der Waals surface area contributed by atoms with Crippen molar-refractivity contribution in [1.29, 1.82) is 0 Å². The number of nitrogens with zero attached hydrogens (tertiary/aromatic N) is 2. The van der Waals surface area contributed by atoms with Gasteiger partial charge in [0.25, 0.3) is 5.91 Å². The van der Waals surface area contributed by atoms with Crippen LogP contribution in [0.5, 0.6) is 11.5 Å². The number of carbonyl (C=O) groups excluding carboxylic acids is 1. The topological polar surface area (TPSA) is 42.0 Å². The lowest BCUT2D eigenvalue weighted by atomic mass is 10.1. The van der Waals surface area contributed by atoms with Gasteiger partial charge in [0.2, 0.25) is 0 Å². The molecule has 2 aromatic carbocycles. The van der Waals surface area contributed by atoms with Crippen LogP contribution in [0, 0.1) is 5.82 Å². The highest BCUT2D eigenvalue weighted by atomic mass is 19.3. The maximum Gasteiger partial charge on any atom is 0.387 e. The van der Waals surface area contributed by atoms with Crippen molar-refractivity contribution in [2.24, 2.45) is 0 Å². The van der Waals surface area contributed by atoms with Gasteiger partial charge in [0.05, 0.1) is 7.11 Å². The van der Waals surface area contributed by atoms with Crippen molar-refractivity contribution in [3.05, 3.63) is 59.4 Å². The third-order valence-corrected chi connectivity index (χ3v) is 4.02. The van der Waals surface area contributed by atoms with Crippen LogP contribution >= 0.6 is 0 Å². The summed E-state index contributed by atoms with van der Waals surface area (Å²) < 4.78 is 47.9. The molecule has 0 bridgehead atoms. The van der Waals surface area contributed by atoms with Gasteiger partial charge in [-0.25, -0.2) is 4.39 Å². The van der Waals surface area contributed by atoms with Crippen LogP contribution in [-0.4, -0.2) is 56.6 Å². The number of alkyl halides is 2. The Bertz CT molecular complexity index is 783. The highest BCUT2D eigenvalue weighted by Crippen LogP contribution is 2.30. The number of likely N-dealkylation sites (N-methyl/N-ethyl adjacent to an activating group) is 1. The summed E-state index contributed by atoms with van der Waals surface area (Å²) in [4.78, 5) is 16.5. The molecule has 0 radical (unpaired) electrons. The fraction of sp³-hybridized carbons (Fsp3) is 0.350. The van der Waals surface area contributed by atoms with E-state index in [0.717, 1.165) is 5.56 Å². The van der Waals surface area contributed by atoms with E-state index in [1.807, 2.05) is 19.0 Å². The smallest absolute Gasteiger partial charge is 0.387 e. The lowest BCUT2D eigenvalue weighted by Gasteiger charge is -2.25. The molecule has 0 N–H and O–H groups in total. The van der Waals surface area contributed by atoms with Crippen LogP contribution in [0.25, 0.3) is 0 Å². The molecule has 0 fully saturated rings. The fourth-order valence-corrected chi connectivity index (χ4v) is 2.56. The second-order valence-electron chi connectivity index (χ2n) is 6.40. The first-order valence-electron chi connectivity index (χ1n) is 8.61. The quantitative estimate of drug-likeness (QED) is 0.649. The standard InChI is InChI=1S/C20H23F3N2O3/c1-24(2)10-11-25(13-14-4-7-16(21)8-5-14)19(26)15-6-9-17(27-3)18(12-15)28-20(22)23/h4-9,12,20H,10-11,13H2,1-3H3. The first-order chi connectivity index (χ1) is 13.3. The van der Waals surface area contributed by atoms with Crippen molar-refractivity contribution in [3.8, 4) is 11.5 Å². The molecule has 2 aromatic rings. The molecule has 8 heteroatoms. The summed E-state index contributed by atoms with van der Waals surface area (Å²) in [7, 11) is 5.08. The largest absolute Gasteiger partial charge is 0.493 e. The summed E-state index contributed by atoms with van der Waals surface area (Å²) in [6, 6.07) is 9.99. The van der Waals surface area contributed by atoms with Gasteiger partial charge in [0.1, 0.15) is 5.82 Å². The average molecular weight is 396 g/mol. The Morgan fingerprint density at radius 3 is 2.29 bits per heavy atom. The minimum Gasteiger partial charge on any atom is -0.493 e. The third kappa shape index (κ3) is 6.16. The average Bonchev–Trinajstić information content (AvgIpc) is 2.65. The highest BCUT2D eigenvalue weighted by molar-refractivity contribution is 5.95. The van der Waals surface area contributed by atoms with Gasteiger partial charge in [-0.1, -0.05) is 12.1 Å². The molecule has 0 aliphatic heterocycles. The summed E-state index contributed by atoms with van der Waals surface area (Å²) >= 11 is 0. The third-order valence-electron chi connectivity index (χ3n) is 4.02. The molecule has 1 amide bonds. The van der Waals surface area contributed by atoms with Crippen LogP contribution in [0.15, 0.2) is 42.5 Å². The van der Waals surface area contributed by atoms with Crippen LogP contribution in [0.2, 0.25) is 0 Å². The number of halogens is 3. The molecule has 28 heavy (non-hydrogen) atoms. The number of methoxy groups -OCH3 is 1. The predicted molar refractivity (Wildman–Crippen MR) is 99.3 cm³/mol. The zero-order valence-electron chi connectivity index (χ0n) is 16.0. The van der Waals surface area contributed by atoms with Gasteiger partial charge in [-0.15, -0.1) is 0 Å². The number of ether oxygens (including phenoxy) is 2. The first-order valence-corrected chi connectivity index (χ1v) is 8.61. The molecular weight excluding hydrogens is 373 g/mol. The van der Waals surface area contributed by atoms with Gasteiger partial charge in [0.15, 0.2) is 11.5 Å².